The quantitative estimate of drug-likeness (QED) is 0.625. The molecule has 0 atom stereocenters. The molecule has 158 valence electrons. The number of thiazole rings is 1. The highest BCUT2D eigenvalue weighted by Gasteiger charge is 2.23. The summed E-state index contributed by atoms with van der Waals surface area (Å²) in [4.78, 5) is 23.7. The van der Waals surface area contributed by atoms with Crippen LogP contribution >= 0.6 is 11.3 Å². The third-order valence-electron chi connectivity index (χ3n) is 5.73. The molecule has 5 rings (SSSR count). The van der Waals surface area contributed by atoms with E-state index in [4.69, 9.17) is 9.15 Å². The van der Waals surface area contributed by atoms with Gasteiger partial charge in [-0.1, -0.05) is 12.1 Å². The van der Waals surface area contributed by atoms with Crippen LogP contribution in [0.15, 0.2) is 40.8 Å². The lowest BCUT2D eigenvalue weighted by Crippen LogP contribution is -2.51. The predicted molar refractivity (Wildman–Crippen MR) is 116 cm³/mol. The van der Waals surface area contributed by atoms with Crippen LogP contribution in [-0.2, 0) is 16.1 Å². The summed E-state index contributed by atoms with van der Waals surface area (Å²) in [5.74, 6) is 2.02. The molecule has 0 spiro atoms. The Balaban J connectivity index is 1.13. The number of amides is 1. The van der Waals surface area contributed by atoms with E-state index in [2.05, 4.69) is 26.9 Å². The number of carbonyl (C=O) groups excluding carboxylic acids is 1. The first-order valence-corrected chi connectivity index (χ1v) is 11.3. The Bertz CT molecular complexity index is 970. The lowest BCUT2D eigenvalue weighted by atomic mass is 10.3. The third kappa shape index (κ3) is 4.41. The maximum Gasteiger partial charge on any atom is 0.236 e. The zero-order valence-corrected chi connectivity index (χ0v) is 17.8. The van der Waals surface area contributed by atoms with Crippen molar-refractivity contribution in [2.45, 2.75) is 6.54 Å². The summed E-state index contributed by atoms with van der Waals surface area (Å²) < 4.78 is 12.6. The SMILES string of the molecule is O=C(CN1CCN(Cc2ccc(-c3nc4ccccc4s3)o2)CC1)N1CCOCC1. The number of furan rings is 1. The van der Waals surface area contributed by atoms with Crippen molar-refractivity contribution in [1.29, 1.82) is 0 Å². The van der Waals surface area contributed by atoms with Crippen LogP contribution in [0.3, 0.4) is 0 Å². The van der Waals surface area contributed by atoms with Crippen LogP contribution in [-0.4, -0.2) is 84.6 Å². The molecule has 2 aliphatic heterocycles. The van der Waals surface area contributed by atoms with Gasteiger partial charge in [0, 0.05) is 39.3 Å². The van der Waals surface area contributed by atoms with Gasteiger partial charge >= 0.3 is 0 Å². The van der Waals surface area contributed by atoms with Gasteiger partial charge in [-0.15, -0.1) is 11.3 Å². The highest BCUT2D eigenvalue weighted by atomic mass is 32.1. The van der Waals surface area contributed by atoms with Crippen molar-refractivity contribution in [3.8, 4) is 10.8 Å². The van der Waals surface area contributed by atoms with Crippen molar-refractivity contribution in [3.63, 3.8) is 0 Å². The number of ether oxygens (including phenoxy) is 1. The van der Waals surface area contributed by atoms with Crippen molar-refractivity contribution in [3.05, 3.63) is 42.2 Å². The molecule has 3 aromatic rings. The minimum Gasteiger partial charge on any atom is -0.457 e. The van der Waals surface area contributed by atoms with Crippen LogP contribution in [0.2, 0.25) is 0 Å². The molecule has 1 amide bonds. The van der Waals surface area contributed by atoms with Gasteiger partial charge in [-0.2, -0.15) is 0 Å². The Hall–Kier alpha value is -2.26. The van der Waals surface area contributed by atoms with E-state index >= 15 is 0 Å². The average molecular weight is 427 g/mol. The first-order chi connectivity index (χ1) is 14.7. The average Bonchev–Trinajstić information content (AvgIpc) is 3.42. The molecule has 0 radical (unpaired) electrons. The molecule has 2 saturated heterocycles. The normalized spacial score (nSPS) is 18.9. The van der Waals surface area contributed by atoms with Gasteiger partial charge in [-0.3, -0.25) is 14.6 Å². The van der Waals surface area contributed by atoms with Crippen LogP contribution in [0.1, 0.15) is 5.76 Å². The molecule has 0 N–H and O–H groups in total. The first-order valence-electron chi connectivity index (χ1n) is 10.5. The maximum atomic E-state index is 12.4. The second kappa shape index (κ2) is 8.85. The van der Waals surface area contributed by atoms with E-state index in [-0.39, 0.29) is 5.91 Å². The van der Waals surface area contributed by atoms with Gasteiger partial charge in [-0.05, 0) is 24.3 Å². The standard InChI is InChI=1S/C22H26N4O3S/c27-21(26-11-13-28-14-12-26)16-25-9-7-24(8-10-25)15-17-5-6-19(29-17)22-23-18-3-1-2-4-20(18)30-22/h1-6H,7-16H2. The van der Waals surface area contributed by atoms with E-state index < -0.39 is 0 Å². The Morgan fingerprint density at radius 2 is 1.73 bits per heavy atom. The number of rotatable bonds is 5. The largest absolute Gasteiger partial charge is 0.457 e. The minimum absolute atomic E-state index is 0.221. The van der Waals surface area contributed by atoms with Crippen LogP contribution in [0.25, 0.3) is 21.0 Å². The number of carbonyl (C=O) groups is 1. The smallest absolute Gasteiger partial charge is 0.236 e. The van der Waals surface area contributed by atoms with E-state index in [9.17, 15) is 4.79 Å². The van der Waals surface area contributed by atoms with E-state index in [1.807, 2.05) is 29.2 Å². The molecule has 7 nitrogen and oxygen atoms in total. The molecule has 0 unspecified atom stereocenters. The van der Waals surface area contributed by atoms with Crippen LogP contribution in [0, 0.1) is 0 Å². The number of hydrogen-bond acceptors (Lipinski definition) is 7. The second-order valence-corrected chi connectivity index (χ2v) is 8.83. The fourth-order valence-electron chi connectivity index (χ4n) is 3.99. The van der Waals surface area contributed by atoms with Gasteiger partial charge < -0.3 is 14.1 Å². The number of morpholine rings is 1. The molecule has 2 fully saturated rings. The Kier molecular flexibility index (Phi) is 5.81. The first kappa shape index (κ1) is 19.7. The van der Waals surface area contributed by atoms with E-state index in [1.54, 1.807) is 11.3 Å². The van der Waals surface area contributed by atoms with Crippen molar-refractivity contribution in [2.24, 2.45) is 0 Å². The second-order valence-electron chi connectivity index (χ2n) is 7.80. The van der Waals surface area contributed by atoms with Crippen molar-refractivity contribution < 1.29 is 13.9 Å². The lowest BCUT2D eigenvalue weighted by Gasteiger charge is -2.35. The summed E-state index contributed by atoms with van der Waals surface area (Å²) in [5.41, 5.74) is 1.01. The minimum atomic E-state index is 0.221. The Morgan fingerprint density at radius 3 is 2.53 bits per heavy atom. The molecule has 8 heteroatoms. The fourth-order valence-corrected chi connectivity index (χ4v) is 4.91. The van der Waals surface area contributed by atoms with Crippen LogP contribution in [0.5, 0.6) is 0 Å². The van der Waals surface area contributed by atoms with E-state index in [0.29, 0.717) is 32.8 Å². The molecule has 2 aromatic heterocycles. The van der Waals surface area contributed by atoms with Crippen molar-refractivity contribution >= 4 is 27.5 Å². The van der Waals surface area contributed by atoms with Crippen molar-refractivity contribution in [1.82, 2.24) is 19.7 Å². The van der Waals surface area contributed by atoms with Gasteiger partial charge in [0.25, 0.3) is 0 Å². The molecular weight excluding hydrogens is 400 g/mol. The highest BCUT2D eigenvalue weighted by molar-refractivity contribution is 7.21. The molecule has 30 heavy (non-hydrogen) atoms. The highest BCUT2D eigenvalue weighted by Crippen LogP contribution is 2.31. The summed E-state index contributed by atoms with van der Waals surface area (Å²) in [5, 5.41) is 0.925. The number of nitrogens with zero attached hydrogens (tertiary/aromatic N) is 4. The van der Waals surface area contributed by atoms with E-state index in [1.165, 1.54) is 4.70 Å². The summed E-state index contributed by atoms with van der Waals surface area (Å²) in [6.07, 6.45) is 0. The third-order valence-corrected chi connectivity index (χ3v) is 6.78. The monoisotopic (exact) mass is 426 g/mol. The predicted octanol–water partition coefficient (Wildman–Crippen LogP) is 2.53. The number of benzene rings is 1. The number of hydrogen-bond donors (Lipinski definition) is 0. The topological polar surface area (TPSA) is 62.1 Å². The summed E-state index contributed by atoms with van der Waals surface area (Å²) in [7, 11) is 0. The number of aromatic nitrogens is 1. The number of para-hydroxylation sites is 1. The van der Waals surface area contributed by atoms with Gasteiger partial charge in [0.2, 0.25) is 5.91 Å². The molecule has 0 bridgehead atoms. The summed E-state index contributed by atoms with van der Waals surface area (Å²) >= 11 is 1.66. The molecule has 0 saturated carbocycles. The molecular formula is C22H26N4O3S. The molecule has 2 aliphatic rings. The lowest BCUT2D eigenvalue weighted by molar-refractivity contribution is -0.136. The Labute approximate surface area is 179 Å². The van der Waals surface area contributed by atoms with Crippen LogP contribution in [0.4, 0.5) is 0 Å². The van der Waals surface area contributed by atoms with Gasteiger partial charge in [0.05, 0.1) is 36.5 Å². The molecule has 0 aliphatic carbocycles. The Morgan fingerprint density at radius 1 is 0.967 bits per heavy atom. The zero-order valence-electron chi connectivity index (χ0n) is 17.0. The zero-order chi connectivity index (χ0) is 20.3. The van der Waals surface area contributed by atoms with E-state index in [0.717, 1.165) is 54.8 Å². The van der Waals surface area contributed by atoms with Gasteiger partial charge in [0.1, 0.15) is 5.76 Å². The fraction of sp³-hybridized carbons (Fsp3) is 0.455. The number of fused-ring (bicyclic) bond motifs is 1. The van der Waals surface area contributed by atoms with Crippen molar-refractivity contribution in [2.75, 3.05) is 59.0 Å². The summed E-state index contributed by atoms with van der Waals surface area (Å²) in [6, 6.07) is 12.2. The van der Waals surface area contributed by atoms with Gasteiger partial charge in [-0.25, -0.2) is 4.98 Å². The summed E-state index contributed by atoms with van der Waals surface area (Å²) in [6.45, 7) is 7.72. The van der Waals surface area contributed by atoms with Gasteiger partial charge in [0.15, 0.2) is 10.8 Å². The molecule has 4 heterocycles. The van der Waals surface area contributed by atoms with Crippen LogP contribution < -0.4 is 0 Å². The molecule has 1 aromatic carbocycles. The number of piperazine rings is 1. The maximum absolute atomic E-state index is 12.4.